The van der Waals surface area contributed by atoms with Gasteiger partial charge in [-0.25, -0.2) is 4.68 Å². The van der Waals surface area contributed by atoms with Gasteiger partial charge < -0.3 is 5.32 Å². The number of nitrogens with zero attached hydrogens (tertiary/aromatic N) is 2. The van der Waals surface area contributed by atoms with E-state index in [0.29, 0.717) is 12.2 Å². The van der Waals surface area contributed by atoms with Crippen molar-refractivity contribution in [2.75, 3.05) is 5.32 Å². The predicted octanol–water partition coefficient (Wildman–Crippen LogP) is 3.15. The molecule has 0 unspecified atom stereocenters. The topological polar surface area (TPSA) is 64.0 Å². The van der Waals surface area contributed by atoms with Crippen molar-refractivity contribution in [1.82, 2.24) is 9.78 Å². The van der Waals surface area contributed by atoms with E-state index in [1.807, 2.05) is 54.6 Å². The maximum atomic E-state index is 12.3. The first-order valence-electron chi connectivity index (χ1n) is 7.31. The number of benzene rings is 2. The highest BCUT2D eigenvalue weighted by Gasteiger charge is 2.10. The largest absolute Gasteiger partial charge is 0.321 e. The molecule has 3 rings (SSSR count). The summed E-state index contributed by atoms with van der Waals surface area (Å²) in [5.74, 6) is -0.349. The molecule has 0 atom stereocenters. The Labute approximate surface area is 152 Å². The molecule has 0 aliphatic carbocycles. The average Bonchev–Trinajstić information content (AvgIpc) is 2.60. The Morgan fingerprint density at radius 2 is 1.71 bits per heavy atom. The Morgan fingerprint density at radius 3 is 2.42 bits per heavy atom. The molecule has 0 radical (unpaired) electrons. The van der Waals surface area contributed by atoms with Crippen LogP contribution < -0.4 is 10.9 Å². The van der Waals surface area contributed by atoms with Gasteiger partial charge in [0.25, 0.3) is 11.5 Å². The lowest BCUT2D eigenvalue weighted by Crippen LogP contribution is -2.26. The molecule has 24 heavy (non-hydrogen) atoms. The van der Waals surface area contributed by atoms with Crippen LogP contribution in [0, 0.1) is 3.57 Å². The number of carbonyl (C=O) groups excluding carboxylic acids is 1. The van der Waals surface area contributed by atoms with Gasteiger partial charge >= 0.3 is 0 Å². The molecule has 5 nitrogen and oxygen atoms in total. The van der Waals surface area contributed by atoms with Crippen molar-refractivity contribution in [3.63, 3.8) is 0 Å². The molecular weight excluding hydrogens is 417 g/mol. The number of rotatable bonds is 4. The van der Waals surface area contributed by atoms with Crippen molar-refractivity contribution >= 4 is 34.2 Å². The molecular formula is C18H14IN3O2. The number of nitrogens with one attached hydrogen (secondary N) is 1. The van der Waals surface area contributed by atoms with Crippen molar-refractivity contribution in [3.8, 4) is 0 Å². The molecule has 1 aromatic heterocycles. The number of carbonyl (C=O) groups is 1. The van der Waals surface area contributed by atoms with E-state index in [4.69, 9.17) is 0 Å². The van der Waals surface area contributed by atoms with Crippen LogP contribution in [0.1, 0.15) is 16.1 Å². The van der Waals surface area contributed by atoms with Crippen LogP contribution in [-0.2, 0) is 6.54 Å². The summed E-state index contributed by atoms with van der Waals surface area (Å²) in [6.45, 7) is 0.324. The van der Waals surface area contributed by atoms with Gasteiger partial charge in [-0.1, -0.05) is 30.3 Å². The summed E-state index contributed by atoms with van der Waals surface area (Å²) >= 11 is 2.20. The van der Waals surface area contributed by atoms with Gasteiger partial charge in [-0.15, -0.1) is 0 Å². The number of halogens is 1. The smallest absolute Gasteiger partial charge is 0.276 e. The summed E-state index contributed by atoms with van der Waals surface area (Å²) in [6.07, 6.45) is 0. The molecule has 2 aromatic carbocycles. The summed E-state index contributed by atoms with van der Waals surface area (Å²) in [5.41, 5.74) is 1.58. The molecule has 0 bridgehead atoms. The van der Waals surface area contributed by atoms with Gasteiger partial charge in [0, 0.05) is 15.3 Å². The second-order valence-electron chi connectivity index (χ2n) is 5.16. The average molecular weight is 431 g/mol. The lowest BCUT2D eigenvalue weighted by Gasteiger charge is -2.08. The lowest BCUT2D eigenvalue weighted by atomic mass is 10.2. The fourth-order valence-electron chi connectivity index (χ4n) is 2.17. The van der Waals surface area contributed by atoms with Gasteiger partial charge in [0.2, 0.25) is 0 Å². The third kappa shape index (κ3) is 4.08. The molecule has 0 saturated heterocycles. The summed E-state index contributed by atoms with van der Waals surface area (Å²) in [7, 11) is 0. The number of anilines is 1. The van der Waals surface area contributed by atoms with Crippen LogP contribution in [0.2, 0.25) is 0 Å². The first-order chi connectivity index (χ1) is 11.6. The van der Waals surface area contributed by atoms with Crippen molar-refractivity contribution in [2.45, 2.75) is 6.54 Å². The highest BCUT2D eigenvalue weighted by Crippen LogP contribution is 2.12. The minimum absolute atomic E-state index is 0.198. The summed E-state index contributed by atoms with van der Waals surface area (Å²) in [6, 6.07) is 19.8. The van der Waals surface area contributed by atoms with Crippen LogP contribution in [0.4, 0.5) is 5.69 Å². The van der Waals surface area contributed by atoms with Gasteiger partial charge in [-0.05, 0) is 58.5 Å². The second kappa shape index (κ2) is 7.39. The molecule has 1 heterocycles. The van der Waals surface area contributed by atoms with Crippen LogP contribution in [-0.4, -0.2) is 15.7 Å². The maximum Gasteiger partial charge on any atom is 0.276 e. The lowest BCUT2D eigenvalue weighted by molar-refractivity contribution is 0.102. The Kier molecular flexibility index (Phi) is 5.05. The standard InChI is InChI=1S/C18H14IN3O2/c19-14-6-8-15(9-7-14)20-18(24)16-10-11-17(23)22(21-16)12-13-4-2-1-3-5-13/h1-11H,12H2,(H,20,24). The SMILES string of the molecule is O=C(Nc1ccc(I)cc1)c1ccc(=O)n(Cc2ccccc2)n1. The van der Waals surface area contributed by atoms with E-state index < -0.39 is 0 Å². The molecule has 3 aromatic rings. The normalized spacial score (nSPS) is 10.4. The third-order valence-electron chi connectivity index (χ3n) is 3.38. The molecule has 0 aliphatic heterocycles. The molecule has 6 heteroatoms. The fraction of sp³-hybridized carbons (Fsp3) is 0.0556. The minimum Gasteiger partial charge on any atom is -0.321 e. The third-order valence-corrected chi connectivity index (χ3v) is 4.10. The zero-order valence-electron chi connectivity index (χ0n) is 12.6. The molecule has 1 N–H and O–H groups in total. The zero-order valence-corrected chi connectivity index (χ0v) is 14.8. The van der Waals surface area contributed by atoms with Gasteiger partial charge in [-0.2, -0.15) is 5.10 Å². The first-order valence-corrected chi connectivity index (χ1v) is 8.39. The predicted molar refractivity (Wildman–Crippen MR) is 101 cm³/mol. The summed E-state index contributed by atoms with van der Waals surface area (Å²) in [4.78, 5) is 24.3. The van der Waals surface area contributed by atoms with Crippen molar-refractivity contribution in [1.29, 1.82) is 0 Å². The zero-order chi connectivity index (χ0) is 16.9. The van der Waals surface area contributed by atoms with E-state index in [-0.39, 0.29) is 17.2 Å². The molecule has 0 aliphatic rings. The number of aromatic nitrogens is 2. The number of amides is 1. The van der Waals surface area contributed by atoms with Gasteiger partial charge in [0.15, 0.2) is 0 Å². The molecule has 0 fully saturated rings. The first kappa shape index (κ1) is 16.4. The quantitative estimate of drug-likeness (QED) is 0.646. The van der Waals surface area contributed by atoms with Crippen LogP contribution in [0.15, 0.2) is 71.5 Å². The van der Waals surface area contributed by atoms with E-state index in [9.17, 15) is 9.59 Å². The molecule has 1 amide bonds. The van der Waals surface area contributed by atoms with Crippen LogP contribution in [0.25, 0.3) is 0 Å². The second-order valence-corrected chi connectivity index (χ2v) is 6.41. The van der Waals surface area contributed by atoms with Gasteiger partial charge in [0.05, 0.1) is 6.54 Å². The Balaban J connectivity index is 1.81. The number of hydrogen-bond acceptors (Lipinski definition) is 3. The van der Waals surface area contributed by atoms with Crippen LogP contribution in [0.3, 0.4) is 0 Å². The van der Waals surface area contributed by atoms with Crippen LogP contribution in [0.5, 0.6) is 0 Å². The Hall–Kier alpha value is -2.48. The summed E-state index contributed by atoms with van der Waals surface area (Å²) in [5, 5.41) is 6.95. The van der Waals surface area contributed by atoms with Crippen molar-refractivity contribution in [3.05, 3.63) is 91.9 Å². The van der Waals surface area contributed by atoms with Gasteiger partial charge in [-0.3, -0.25) is 9.59 Å². The summed E-state index contributed by atoms with van der Waals surface area (Å²) < 4.78 is 2.37. The van der Waals surface area contributed by atoms with Gasteiger partial charge in [0.1, 0.15) is 5.69 Å². The number of hydrogen-bond donors (Lipinski definition) is 1. The molecule has 0 spiro atoms. The fourth-order valence-corrected chi connectivity index (χ4v) is 2.53. The van der Waals surface area contributed by atoms with E-state index >= 15 is 0 Å². The van der Waals surface area contributed by atoms with Crippen molar-refractivity contribution in [2.24, 2.45) is 0 Å². The van der Waals surface area contributed by atoms with E-state index in [1.54, 1.807) is 0 Å². The van der Waals surface area contributed by atoms with Crippen LogP contribution >= 0.6 is 22.6 Å². The van der Waals surface area contributed by atoms with E-state index in [0.717, 1.165) is 9.13 Å². The van der Waals surface area contributed by atoms with E-state index in [2.05, 4.69) is 33.0 Å². The van der Waals surface area contributed by atoms with E-state index in [1.165, 1.54) is 16.8 Å². The Morgan fingerprint density at radius 1 is 1.00 bits per heavy atom. The molecule has 120 valence electrons. The monoisotopic (exact) mass is 431 g/mol. The van der Waals surface area contributed by atoms with Crippen molar-refractivity contribution < 1.29 is 4.79 Å². The molecule has 0 saturated carbocycles. The minimum atomic E-state index is -0.349. The highest BCUT2D eigenvalue weighted by molar-refractivity contribution is 14.1. The highest BCUT2D eigenvalue weighted by atomic mass is 127. The Bertz CT molecular complexity index is 906. The maximum absolute atomic E-state index is 12.3.